The van der Waals surface area contributed by atoms with Crippen LogP contribution in [-0.2, 0) is 19.0 Å². The number of anilines is 3. The van der Waals surface area contributed by atoms with Crippen molar-refractivity contribution >= 4 is 35.7 Å². The minimum Gasteiger partial charge on any atom is -0.469 e. The fourth-order valence-electron chi connectivity index (χ4n) is 7.37. The molecular formula is C38H66N8O6. The number of piperazine rings is 1. The molecule has 1 aliphatic heterocycles. The van der Waals surface area contributed by atoms with E-state index >= 15 is 0 Å². The predicted octanol–water partition coefficient (Wildman–Crippen LogP) is 5.91. The Kier molecular flexibility index (Phi) is 15.0. The number of nitrogen functional groups attached to an aromatic ring is 1. The molecule has 4 rings (SSSR count). The second-order valence-electron chi connectivity index (χ2n) is 16.7. The van der Waals surface area contributed by atoms with E-state index < -0.39 is 11.2 Å². The maximum atomic E-state index is 13.5. The number of methoxy groups -OCH3 is 1. The highest BCUT2D eigenvalue weighted by Crippen LogP contribution is 2.29. The normalized spacial score (nSPS) is 20.6. The summed E-state index contributed by atoms with van der Waals surface area (Å²) >= 11 is 0. The van der Waals surface area contributed by atoms with Gasteiger partial charge in [0.25, 0.3) is 0 Å². The highest BCUT2D eigenvalue weighted by molar-refractivity contribution is 5.69. The number of amides is 2. The molecule has 3 fully saturated rings. The Bertz CT molecular complexity index is 1300. The zero-order valence-corrected chi connectivity index (χ0v) is 33.0. The molecule has 0 aromatic carbocycles. The van der Waals surface area contributed by atoms with Crippen LogP contribution in [0.15, 0.2) is 6.07 Å². The quantitative estimate of drug-likeness (QED) is 0.183. The highest BCUT2D eigenvalue weighted by Gasteiger charge is 2.32. The lowest BCUT2D eigenvalue weighted by Gasteiger charge is -2.37. The molecule has 1 saturated heterocycles. The molecule has 1 aromatic heterocycles. The van der Waals surface area contributed by atoms with Crippen LogP contribution in [0.4, 0.5) is 27.2 Å². The van der Waals surface area contributed by atoms with Crippen LogP contribution in [0, 0.1) is 5.92 Å². The molecule has 14 heteroatoms. The molecule has 0 unspecified atom stereocenters. The Balaban J connectivity index is 1.30. The maximum Gasteiger partial charge on any atom is 0.410 e. The van der Waals surface area contributed by atoms with Crippen LogP contribution in [0.5, 0.6) is 0 Å². The number of hydrogen-bond donors (Lipinski definition) is 2. The second-order valence-corrected chi connectivity index (χ2v) is 16.7. The molecule has 2 amide bonds. The number of ether oxygens (including phenoxy) is 3. The molecule has 0 spiro atoms. The molecule has 0 radical (unpaired) electrons. The van der Waals surface area contributed by atoms with Gasteiger partial charge >= 0.3 is 18.2 Å². The molecule has 2 saturated carbocycles. The molecular weight excluding hydrogens is 664 g/mol. The molecule has 1 aromatic rings. The summed E-state index contributed by atoms with van der Waals surface area (Å²) in [6.07, 6.45) is 9.65. The first-order valence-electron chi connectivity index (χ1n) is 19.5. The molecule has 52 heavy (non-hydrogen) atoms. The SMILES string of the molecule is COC(=O)CCN1CCN(c2cc(N)nc(N[C@H]3CC[C@H](CN(CCCN(C(=O)OC(C)(C)C)C4CCCCC4)C(=O)OC(C)(C)C)CC3)n2)CC1. The summed E-state index contributed by atoms with van der Waals surface area (Å²) in [5, 5.41) is 3.54. The van der Waals surface area contributed by atoms with Crippen LogP contribution in [0.1, 0.15) is 112 Å². The number of aromatic nitrogens is 2. The lowest BCUT2D eigenvalue weighted by molar-refractivity contribution is -0.141. The van der Waals surface area contributed by atoms with Crippen molar-refractivity contribution in [3.8, 4) is 0 Å². The Morgan fingerprint density at radius 3 is 2.12 bits per heavy atom. The summed E-state index contributed by atoms with van der Waals surface area (Å²) in [6, 6.07) is 2.20. The van der Waals surface area contributed by atoms with Crippen molar-refractivity contribution in [2.45, 2.75) is 135 Å². The van der Waals surface area contributed by atoms with Gasteiger partial charge in [0.1, 0.15) is 22.8 Å². The summed E-state index contributed by atoms with van der Waals surface area (Å²) in [5.41, 5.74) is 5.07. The van der Waals surface area contributed by atoms with Gasteiger partial charge in [0, 0.05) is 70.5 Å². The van der Waals surface area contributed by atoms with E-state index in [1.165, 1.54) is 13.5 Å². The number of esters is 1. The third-order valence-electron chi connectivity index (χ3n) is 10.1. The number of rotatable bonds is 13. The number of carbonyl (C=O) groups is 3. The minimum atomic E-state index is -0.601. The van der Waals surface area contributed by atoms with Gasteiger partial charge in [-0.15, -0.1) is 0 Å². The number of hydrogen-bond acceptors (Lipinski definition) is 12. The van der Waals surface area contributed by atoms with E-state index in [2.05, 4.69) is 20.1 Å². The van der Waals surface area contributed by atoms with Gasteiger partial charge in [0.2, 0.25) is 5.95 Å². The molecule has 3 N–H and O–H groups in total. The maximum absolute atomic E-state index is 13.5. The standard InChI is InChI=1S/C38H66N8O6/c1-37(2,3)51-35(48)45(19-11-20-46(30-12-9-8-10-13-30)36(49)52-38(4,5)6)27-28-14-16-29(17-15-28)40-34-41-31(39)26-32(42-34)44-24-22-43(23-25-44)21-18-33(47)50-7/h26,28-30H,8-25,27H2,1-7H3,(H3,39,40,41,42)/t28-,29-. The molecule has 2 aliphatic carbocycles. The molecule has 294 valence electrons. The summed E-state index contributed by atoms with van der Waals surface area (Å²) in [5.74, 6) is 1.91. The number of nitrogens with zero attached hydrogens (tertiary/aromatic N) is 6. The van der Waals surface area contributed by atoms with E-state index in [9.17, 15) is 14.4 Å². The van der Waals surface area contributed by atoms with Gasteiger partial charge in [0.15, 0.2) is 0 Å². The first kappa shape index (κ1) is 41.2. The summed E-state index contributed by atoms with van der Waals surface area (Å²) in [4.78, 5) is 55.8. The van der Waals surface area contributed by atoms with Gasteiger partial charge in [0.05, 0.1) is 13.5 Å². The summed E-state index contributed by atoms with van der Waals surface area (Å²) in [7, 11) is 1.42. The van der Waals surface area contributed by atoms with Crippen molar-refractivity contribution < 1.29 is 28.6 Å². The smallest absolute Gasteiger partial charge is 0.410 e. The van der Waals surface area contributed by atoms with Crippen molar-refractivity contribution in [1.29, 1.82) is 0 Å². The third-order valence-corrected chi connectivity index (χ3v) is 10.1. The number of nitrogens with one attached hydrogen (secondary N) is 1. The summed E-state index contributed by atoms with van der Waals surface area (Å²) < 4.78 is 16.4. The lowest BCUT2D eigenvalue weighted by atomic mass is 9.85. The Morgan fingerprint density at radius 1 is 0.865 bits per heavy atom. The zero-order valence-electron chi connectivity index (χ0n) is 33.0. The largest absolute Gasteiger partial charge is 0.469 e. The van der Waals surface area contributed by atoms with Crippen LogP contribution in [-0.4, -0.2) is 126 Å². The fraction of sp³-hybridized carbons (Fsp3) is 0.816. The third kappa shape index (κ3) is 13.8. The van der Waals surface area contributed by atoms with E-state index in [4.69, 9.17) is 24.9 Å². The van der Waals surface area contributed by atoms with Gasteiger partial charge in [-0.25, -0.2) is 9.59 Å². The van der Waals surface area contributed by atoms with E-state index in [0.29, 0.717) is 56.7 Å². The lowest BCUT2D eigenvalue weighted by Crippen LogP contribution is -2.47. The van der Waals surface area contributed by atoms with Crippen LogP contribution >= 0.6 is 0 Å². The van der Waals surface area contributed by atoms with E-state index in [1.54, 1.807) is 0 Å². The van der Waals surface area contributed by atoms with E-state index in [0.717, 1.165) is 83.4 Å². The molecule has 0 atom stereocenters. The Morgan fingerprint density at radius 2 is 1.50 bits per heavy atom. The average Bonchev–Trinajstić information content (AvgIpc) is 3.08. The van der Waals surface area contributed by atoms with Crippen molar-refractivity contribution in [1.82, 2.24) is 24.7 Å². The zero-order chi connectivity index (χ0) is 37.9. The van der Waals surface area contributed by atoms with Crippen LogP contribution < -0.4 is 16.0 Å². The number of carbonyl (C=O) groups excluding carboxylic acids is 3. The minimum absolute atomic E-state index is 0.177. The Labute approximate surface area is 311 Å². The second kappa shape index (κ2) is 19.0. The monoisotopic (exact) mass is 731 g/mol. The van der Waals surface area contributed by atoms with Gasteiger partial charge in [-0.05, 0) is 92.4 Å². The first-order valence-corrected chi connectivity index (χ1v) is 19.5. The molecule has 3 aliphatic rings. The average molecular weight is 731 g/mol. The topological polar surface area (TPSA) is 156 Å². The van der Waals surface area contributed by atoms with Crippen molar-refractivity contribution in [2.75, 3.05) is 75.4 Å². The molecule has 2 heterocycles. The first-order chi connectivity index (χ1) is 24.6. The van der Waals surface area contributed by atoms with Crippen LogP contribution in [0.25, 0.3) is 0 Å². The number of nitrogens with two attached hydrogens (primary N) is 1. The van der Waals surface area contributed by atoms with Crippen molar-refractivity contribution in [3.63, 3.8) is 0 Å². The van der Waals surface area contributed by atoms with Gasteiger partial charge < -0.3 is 40.0 Å². The van der Waals surface area contributed by atoms with Crippen LogP contribution in [0.2, 0.25) is 0 Å². The van der Waals surface area contributed by atoms with Gasteiger partial charge in [-0.1, -0.05) is 19.3 Å². The molecule has 14 nitrogen and oxygen atoms in total. The van der Waals surface area contributed by atoms with Crippen molar-refractivity contribution in [2.24, 2.45) is 5.92 Å². The van der Waals surface area contributed by atoms with Gasteiger partial charge in [-0.3, -0.25) is 9.69 Å². The van der Waals surface area contributed by atoms with E-state index in [1.807, 2.05) is 57.4 Å². The van der Waals surface area contributed by atoms with Crippen molar-refractivity contribution in [3.05, 3.63) is 6.07 Å². The predicted molar refractivity (Wildman–Crippen MR) is 203 cm³/mol. The highest BCUT2D eigenvalue weighted by atomic mass is 16.6. The van der Waals surface area contributed by atoms with Gasteiger partial charge in [-0.2, -0.15) is 9.97 Å². The molecule has 0 bridgehead atoms. The van der Waals surface area contributed by atoms with Crippen LogP contribution in [0.3, 0.4) is 0 Å². The van der Waals surface area contributed by atoms with E-state index in [-0.39, 0.29) is 30.2 Å². The fourth-order valence-corrected chi connectivity index (χ4v) is 7.37. The Hall–Kier alpha value is -3.55. The summed E-state index contributed by atoms with van der Waals surface area (Å²) in [6.45, 7) is 17.0.